The number of fused-ring (bicyclic) bond motifs is 2. The maximum atomic E-state index is 15.3. The zero-order chi connectivity index (χ0) is 40.3. The summed E-state index contributed by atoms with van der Waals surface area (Å²) in [4.78, 5) is 26.8. The molecule has 2 aliphatic heterocycles. The molecule has 10 nitrogen and oxygen atoms in total. The highest BCUT2D eigenvalue weighted by molar-refractivity contribution is 6.36. The molecule has 0 aliphatic carbocycles. The molecule has 0 amide bonds. The fourth-order valence-electron chi connectivity index (χ4n) is 7.12. The fraction of sp³-hybridized carbons (Fsp3) is 0.233. The van der Waals surface area contributed by atoms with Gasteiger partial charge in [0.2, 0.25) is 0 Å². The molecule has 5 aromatic heterocycles. The number of nitrogens with zero attached hydrogens (tertiary/aromatic N) is 7. The lowest BCUT2D eigenvalue weighted by Gasteiger charge is -2.32. The van der Waals surface area contributed by atoms with Crippen molar-refractivity contribution in [1.82, 2.24) is 24.9 Å². The first-order valence-electron chi connectivity index (χ1n) is 18.7. The van der Waals surface area contributed by atoms with E-state index in [1.165, 1.54) is 6.07 Å². The standard InChI is InChI=1S/C28H28F2N6O2.C15H9ClF2N2/c1-18-26(22-4-2-3-5-31-22)33-23-15-19(29)14-21(30)25(23)27(18)34-24-16-20(35-6-10-37-11-7-35)17-32-28(24)36-8-12-38-13-9-36;1-8-14(16)13-10(18)6-9(17)7-12(13)20-15(8)11-4-2-3-5-19-11/h2-5,14-17H,6-13H2,1H3,(H,33,34);2-7H,1H3. The first-order valence-corrected chi connectivity index (χ1v) is 19.0. The molecule has 2 aromatic carbocycles. The third kappa shape index (κ3) is 7.95. The number of morpholine rings is 2. The van der Waals surface area contributed by atoms with Gasteiger partial charge in [-0.3, -0.25) is 9.97 Å². The van der Waals surface area contributed by atoms with Crippen molar-refractivity contribution in [2.75, 3.05) is 67.7 Å². The Labute approximate surface area is 336 Å². The first kappa shape index (κ1) is 38.9. The average Bonchev–Trinajstić information content (AvgIpc) is 3.24. The third-order valence-electron chi connectivity index (χ3n) is 10.0. The Hall–Kier alpha value is -5.96. The van der Waals surface area contributed by atoms with E-state index in [0.717, 1.165) is 48.5 Å². The van der Waals surface area contributed by atoms with Crippen LogP contribution in [0.5, 0.6) is 0 Å². The smallest absolute Gasteiger partial charge is 0.152 e. The topological polar surface area (TPSA) is 101 Å². The van der Waals surface area contributed by atoms with Crippen LogP contribution in [0, 0.1) is 37.1 Å². The Morgan fingerprint density at radius 1 is 0.638 bits per heavy atom. The number of rotatable bonds is 6. The zero-order valence-corrected chi connectivity index (χ0v) is 32.3. The highest BCUT2D eigenvalue weighted by Crippen LogP contribution is 2.40. The molecular weight excluding hydrogens is 772 g/mol. The van der Waals surface area contributed by atoms with Gasteiger partial charge in [-0.2, -0.15) is 0 Å². The van der Waals surface area contributed by atoms with Crippen LogP contribution in [-0.2, 0) is 9.47 Å². The summed E-state index contributed by atoms with van der Waals surface area (Å²) in [5.74, 6) is -2.02. The van der Waals surface area contributed by atoms with Gasteiger partial charge in [-0.05, 0) is 49.7 Å². The highest BCUT2D eigenvalue weighted by Gasteiger charge is 2.24. The van der Waals surface area contributed by atoms with Crippen LogP contribution in [0.2, 0.25) is 5.02 Å². The molecule has 15 heteroatoms. The van der Waals surface area contributed by atoms with Gasteiger partial charge in [-0.1, -0.05) is 23.7 Å². The molecule has 0 saturated carbocycles. The summed E-state index contributed by atoms with van der Waals surface area (Å²) >= 11 is 6.21. The van der Waals surface area contributed by atoms with E-state index in [2.05, 4.69) is 35.1 Å². The van der Waals surface area contributed by atoms with Crippen LogP contribution >= 0.6 is 11.6 Å². The van der Waals surface area contributed by atoms with Crippen molar-refractivity contribution in [2.24, 2.45) is 0 Å². The number of aromatic nitrogens is 5. The van der Waals surface area contributed by atoms with E-state index in [9.17, 15) is 13.2 Å². The quantitative estimate of drug-likeness (QED) is 0.164. The molecule has 9 rings (SSSR count). The fourth-order valence-corrected chi connectivity index (χ4v) is 7.40. The lowest BCUT2D eigenvalue weighted by molar-refractivity contribution is 0.122. The van der Waals surface area contributed by atoms with Crippen LogP contribution in [0.1, 0.15) is 11.1 Å². The van der Waals surface area contributed by atoms with Crippen LogP contribution < -0.4 is 15.1 Å². The van der Waals surface area contributed by atoms with Crippen LogP contribution in [-0.4, -0.2) is 77.5 Å². The van der Waals surface area contributed by atoms with Gasteiger partial charge in [-0.15, -0.1) is 0 Å². The summed E-state index contributed by atoms with van der Waals surface area (Å²) in [5, 5.41) is 4.07. The Morgan fingerprint density at radius 3 is 1.74 bits per heavy atom. The van der Waals surface area contributed by atoms with Crippen molar-refractivity contribution < 1.29 is 27.0 Å². The minimum Gasteiger partial charge on any atom is -0.378 e. The molecule has 2 fully saturated rings. The molecule has 1 N–H and O–H groups in total. The first-order chi connectivity index (χ1) is 28.2. The summed E-state index contributed by atoms with van der Waals surface area (Å²) in [6.45, 7) is 8.98. The Morgan fingerprint density at radius 2 is 1.17 bits per heavy atom. The highest BCUT2D eigenvalue weighted by atomic mass is 35.5. The van der Waals surface area contributed by atoms with Gasteiger partial charge < -0.3 is 24.6 Å². The molecule has 7 aromatic rings. The third-order valence-corrected chi connectivity index (χ3v) is 10.5. The number of hydrogen-bond donors (Lipinski definition) is 1. The average molecular weight is 809 g/mol. The molecular formula is C43H37ClF4N8O2. The van der Waals surface area contributed by atoms with Crippen molar-refractivity contribution in [3.8, 4) is 22.8 Å². The van der Waals surface area contributed by atoms with Crippen LogP contribution in [0.3, 0.4) is 0 Å². The molecule has 0 spiro atoms. The van der Waals surface area contributed by atoms with Crippen molar-refractivity contribution in [1.29, 1.82) is 0 Å². The maximum Gasteiger partial charge on any atom is 0.152 e. The molecule has 0 bridgehead atoms. The number of benzene rings is 2. The largest absolute Gasteiger partial charge is 0.378 e. The SMILES string of the molecule is Cc1c(-c2ccccn2)nc2cc(F)cc(F)c2c1Cl.Cc1c(-c2ccccn2)nc2cc(F)cc(F)c2c1Nc1cc(N2CCOCC2)cnc1N1CCOCC1. The number of hydrogen-bond acceptors (Lipinski definition) is 10. The Bertz CT molecular complexity index is 2610. The summed E-state index contributed by atoms with van der Waals surface area (Å²) in [6.07, 6.45) is 5.17. The van der Waals surface area contributed by atoms with Gasteiger partial charge in [0.05, 0.1) is 99.3 Å². The molecule has 0 atom stereocenters. The molecule has 0 unspecified atom stereocenters. The second-order valence-electron chi connectivity index (χ2n) is 13.7. The maximum absolute atomic E-state index is 15.3. The Balaban J connectivity index is 0.000000197. The molecule has 2 saturated heterocycles. The molecule has 7 heterocycles. The minimum absolute atomic E-state index is 0.130. The van der Waals surface area contributed by atoms with Gasteiger partial charge in [0.15, 0.2) is 5.82 Å². The number of nitrogens with one attached hydrogen (secondary N) is 1. The number of anilines is 4. The molecule has 0 radical (unpaired) electrons. The second kappa shape index (κ2) is 16.9. The Kier molecular flexibility index (Phi) is 11.3. The predicted octanol–water partition coefficient (Wildman–Crippen LogP) is 9.23. The summed E-state index contributed by atoms with van der Waals surface area (Å²) in [6, 6.07) is 17.0. The predicted molar refractivity (Wildman–Crippen MR) is 218 cm³/mol. The summed E-state index contributed by atoms with van der Waals surface area (Å²) in [5.41, 5.74) is 6.18. The van der Waals surface area contributed by atoms with E-state index in [1.807, 2.05) is 43.5 Å². The van der Waals surface area contributed by atoms with Gasteiger partial charge in [0.25, 0.3) is 0 Å². The van der Waals surface area contributed by atoms with Gasteiger partial charge in [0, 0.05) is 68.4 Å². The molecule has 296 valence electrons. The van der Waals surface area contributed by atoms with Crippen molar-refractivity contribution in [3.05, 3.63) is 125 Å². The zero-order valence-electron chi connectivity index (χ0n) is 31.6. The van der Waals surface area contributed by atoms with Gasteiger partial charge in [0.1, 0.15) is 23.3 Å². The number of pyridine rings is 5. The van der Waals surface area contributed by atoms with E-state index in [1.54, 1.807) is 31.5 Å². The van der Waals surface area contributed by atoms with Crippen LogP contribution in [0.25, 0.3) is 44.6 Å². The van der Waals surface area contributed by atoms with E-state index < -0.39 is 23.3 Å². The lowest BCUT2D eigenvalue weighted by Crippen LogP contribution is -2.38. The van der Waals surface area contributed by atoms with E-state index in [0.29, 0.717) is 79.1 Å². The van der Waals surface area contributed by atoms with Gasteiger partial charge >= 0.3 is 0 Å². The summed E-state index contributed by atoms with van der Waals surface area (Å²) in [7, 11) is 0. The van der Waals surface area contributed by atoms with Crippen molar-refractivity contribution in [2.45, 2.75) is 13.8 Å². The van der Waals surface area contributed by atoms with Crippen molar-refractivity contribution in [3.63, 3.8) is 0 Å². The molecule has 2 aliphatic rings. The van der Waals surface area contributed by atoms with Crippen LogP contribution in [0.15, 0.2) is 85.3 Å². The normalized spacial score (nSPS) is 14.4. The lowest BCUT2D eigenvalue weighted by atomic mass is 10.0. The van der Waals surface area contributed by atoms with Gasteiger partial charge in [-0.25, -0.2) is 32.5 Å². The number of ether oxygens (including phenoxy) is 2. The van der Waals surface area contributed by atoms with Crippen molar-refractivity contribution >= 4 is 56.3 Å². The van der Waals surface area contributed by atoms with E-state index >= 15 is 4.39 Å². The van der Waals surface area contributed by atoms with E-state index in [-0.39, 0.29) is 26.8 Å². The number of halogens is 5. The monoisotopic (exact) mass is 808 g/mol. The van der Waals surface area contributed by atoms with E-state index in [4.69, 9.17) is 26.1 Å². The molecule has 58 heavy (non-hydrogen) atoms. The minimum atomic E-state index is -0.715. The summed E-state index contributed by atoms with van der Waals surface area (Å²) < 4.78 is 67.9. The van der Waals surface area contributed by atoms with Crippen LogP contribution in [0.4, 0.5) is 40.4 Å². The second-order valence-corrected chi connectivity index (χ2v) is 14.1.